The molecule has 0 radical (unpaired) electrons. The summed E-state index contributed by atoms with van der Waals surface area (Å²) in [4.78, 5) is 23.5. The van der Waals surface area contributed by atoms with Crippen molar-refractivity contribution in [1.82, 2.24) is 5.32 Å². The molecule has 0 aliphatic heterocycles. The fourth-order valence-corrected chi connectivity index (χ4v) is 1.73. The number of rotatable bonds is 5. The summed E-state index contributed by atoms with van der Waals surface area (Å²) in [5.41, 5.74) is 11.7. The average Bonchev–Trinajstić information content (AvgIpc) is 2.34. The van der Waals surface area contributed by atoms with Gasteiger partial charge < -0.3 is 16.8 Å². The maximum absolute atomic E-state index is 12.0. The van der Waals surface area contributed by atoms with Gasteiger partial charge >= 0.3 is 0 Å². The fourth-order valence-electron chi connectivity index (χ4n) is 1.60. The van der Waals surface area contributed by atoms with Gasteiger partial charge in [0.2, 0.25) is 5.91 Å². The Morgan fingerprint density at radius 1 is 1.21 bits per heavy atom. The Hall–Kier alpha value is -1.95. The molecule has 1 aromatic rings. The van der Waals surface area contributed by atoms with Crippen LogP contribution in [-0.2, 0) is 4.79 Å². The van der Waals surface area contributed by atoms with E-state index in [-0.39, 0.29) is 16.8 Å². The zero-order chi connectivity index (χ0) is 14.6. The van der Waals surface area contributed by atoms with Crippen LogP contribution in [-0.4, -0.2) is 22.8 Å². The van der Waals surface area contributed by atoms with Crippen LogP contribution in [0.2, 0.25) is 0 Å². The minimum atomic E-state index is -0.707. The van der Waals surface area contributed by atoms with Gasteiger partial charge in [-0.2, -0.15) is 0 Å². The molecule has 5 nitrogen and oxygen atoms in total. The van der Waals surface area contributed by atoms with E-state index in [4.69, 9.17) is 23.7 Å². The van der Waals surface area contributed by atoms with Crippen molar-refractivity contribution < 1.29 is 9.59 Å². The normalized spacial score (nSPS) is 11.9. The maximum Gasteiger partial charge on any atom is 0.251 e. The summed E-state index contributed by atoms with van der Waals surface area (Å²) in [5.74, 6) is -1.02. The smallest absolute Gasteiger partial charge is 0.251 e. The van der Waals surface area contributed by atoms with Crippen molar-refractivity contribution >= 4 is 29.0 Å². The van der Waals surface area contributed by atoms with Crippen LogP contribution in [0.25, 0.3) is 0 Å². The second-order valence-electron chi connectivity index (χ2n) is 4.54. The van der Waals surface area contributed by atoms with Gasteiger partial charge in [-0.05, 0) is 18.1 Å². The molecule has 0 heterocycles. The van der Waals surface area contributed by atoms with Gasteiger partial charge in [0, 0.05) is 11.1 Å². The lowest BCUT2D eigenvalue weighted by Gasteiger charge is -2.19. The Labute approximate surface area is 117 Å². The number of nitrogens with two attached hydrogens (primary N) is 2. The molecule has 0 aliphatic carbocycles. The van der Waals surface area contributed by atoms with Crippen molar-refractivity contribution in [3.8, 4) is 0 Å². The highest BCUT2D eigenvalue weighted by Gasteiger charge is 2.22. The number of primary amides is 1. The molecule has 0 saturated heterocycles. The first-order chi connectivity index (χ1) is 8.82. The fraction of sp³-hybridized carbons (Fsp3) is 0.308. The van der Waals surface area contributed by atoms with Crippen LogP contribution in [0.4, 0.5) is 0 Å². The summed E-state index contributed by atoms with van der Waals surface area (Å²) >= 11 is 4.85. The Bertz CT molecular complexity index is 514. The van der Waals surface area contributed by atoms with E-state index in [1.165, 1.54) is 0 Å². The first kappa shape index (κ1) is 15.1. The Kier molecular flexibility index (Phi) is 5.00. The molecule has 1 atom stereocenters. The third kappa shape index (κ3) is 4.03. The van der Waals surface area contributed by atoms with Crippen LogP contribution in [0.15, 0.2) is 24.3 Å². The number of carbonyl (C=O) groups is 2. The standard InChI is InChI=1S/C13H17N3O2S/c1-7(2)10(11(14)17)16-13(18)9-5-3-4-8(6-9)12(15)19/h3-7,10H,1-2H3,(H2,14,17)(H2,15,19)(H,16,18). The van der Waals surface area contributed by atoms with Gasteiger partial charge in [-0.3, -0.25) is 9.59 Å². The van der Waals surface area contributed by atoms with Gasteiger partial charge in [0.05, 0.1) is 0 Å². The highest BCUT2D eigenvalue weighted by molar-refractivity contribution is 7.80. The second-order valence-corrected chi connectivity index (χ2v) is 4.98. The highest BCUT2D eigenvalue weighted by Crippen LogP contribution is 2.07. The summed E-state index contributed by atoms with van der Waals surface area (Å²) < 4.78 is 0. The van der Waals surface area contributed by atoms with Gasteiger partial charge in [0.25, 0.3) is 5.91 Å². The molecule has 1 unspecified atom stereocenters. The third-order valence-electron chi connectivity index (χ3n) is 2.67. The predicted molar refractivity (Wildman–Crippen MR) is 77.6 cm³/mol. The number of hydrogen-bond acceptors (Lipinski definition) is 3. The van der Waals surface area contributed by atoms with Crippen LogP contribution in [0.5, 0.6) is 0 Å². The van der Waals surface area contributed by atoms with E-state index in [1.54, 1.807) is 38.1 Å². The molecule has 0 aliphatic rings. The summed E-state index contributed by atoms with van der Waals surface area (Å²) in [7, 11) is 0. The van der Waals surface area contributed by atoms with Crippen molar-refractivity contribution in [1.29, 1.82) is 0 Å². The molecule has 0 aromatic heterocycles. The molecular formula is C13H17N3O2S. The third-order valence-corrected chi connectivity index (χ3v) is 2.90. The molecule has 5 N–H and O–H groups in total. The van der Waals surface area contributed by atoms with Crippen LogP contribution < -0.4 is 16.8 Å². The summed E-state index contributed by atoms with van der Waals surface area (Å²) in [5, 5.41) is 2.60. The maximum atomic E-state index is 12.0. The zero-order valence-electron chi connectivity index (χ0n) is 10.8. The minimum Gasteiger partial charge on any atom is -0.389 e. The minimum absolute atomic E-state index is 0.0831. The molecule has 19 heavy (non-hydrogen) atoms. The Morgan fingerprint density at radius 2 is 1.79 bits per heavy atom. The van der Waals surface area contributed by atoms with Crippen molar-refractivity contribution in [2.24, 2.45) is 17.4 Å². The zero-order valence-corrected chi connectivity index (χ0v) is 11.7. The van der Waals surface area contributed by atoms with Gasteiger partial charge in [0.15, 0.2) is 0 Å². The predicted octanol–water partition coefficient (Wildman–Crippen LogP) is 0.561. The van der Waals surface area contributed by atoms with Crippen molar-refractivity contribution in [3.63, 3.8) is 0 Å². The number of carbonyl (C=O) groups excluding carboxylic acids is 2. The lowest BCUT2D eigenvalue weighted by Crippen LogP contribution is -2.47. The quantitative estimate of drug-likeness (QED) is 0.686. The Morgan fingerprint density at radius 3 is 2.26 bits per heavy atom. The molecule has 0 bridgehead atoms. The van der Waals surface area contributed by atoms with E-state index in [9.17, 15) is 9.59 Å². The first-order valence-corrected chi connectivity index (χ1v) is 6.23. The highest BCUT2D eigenvalue weighted by atomic mass is 32.1. The number of thiocarbonyl (C=S) groups is 1. The van der Waals surface area contributed by atoms with Crippen molar-refractivity contribution in [2.45, 2.75) is 19.9 Å². The van der Waals surface area contributed by atoms with Crippen LogP contribution in [0, 0.1) is 5.92 Å². The van der Waals surface area contributed by atoms with E-state index < -0.39 is 11.9 Å². The van der Waals surface area contributed by atoms with Crippen LogP contribution in [0.1, 0.15) is 29.8 Å². The van der Waals surface area contributed by atoms with Crippen LogP contribution in [0.3, 0.4) is 0 Å². The topological polar surface area (TPSA) is 98.2 Å². The van der Waals surface area contributed by atoms with Gasteiger partial charge in [-0.25, -0.2) is 0 Å². The number of amides is 2. The van der Waals surface area contributed by atoms with E-state index in [1.807, 2.05) is 0 Å². The average molecular weight is 279 g/mol. The van der Waals surface area contributed by atoms with Gasteiger partial charge in [-0.1, -0.05) is 38.2 Å². The molecule has 1 aromatic carbocycles. The summed E-state index contributed by atoms with van der Waals surface area (Å²) in [6.45, 7) is 3.61. The molecular weight excluding hydrogens is 262 g/mol. The number of nitrogens with one attached hydrogen (secondary N) is 1. The van der Waals surface area contributed by atoms with E-state index in [2.05, 4.69) is 5.32 Å². The largest absolute Gasteiger partial charge is 0.389 e. The summed E-state index contributed by atoms with van der Waals surface area (Å²) in [6, 6.07) is 5.89. The molecule has 6 heteroatoms. The Balaban J connectivity index is 2.91. The molecule has 0 saturated carbocycles. The molecule has 1 rings (SSSR count). The summed E-state index contributed by atoms with van der Waals surface area (Å²) in [6.07, 6.45) is 0. The van der Waals surface area contributed by atoms with Crippen molar-refractivity contribution in [2.75, 3.05) is 0 Å². The molecule has 0 spiro atoms. The lowest BCUT2D eigenvalue weighted by atomic mass is 10.0. The molecule has 102 valence electrons. The molecule has 0 fully saturated rings. The first-order valence-electron chi connectivity index (χ1n) is 5.83. The number of hydrogen-bond donors (Lipinski definition) is 3. The number of benzene rings is 1. The molecule has 2 amide bonds. The van der Waals surface area contributed by atoms with Gasteiger partial charge in [-0.15, -0.1) is 0 Å². The monoisotopic (exact) mass is 279 g/mol. The van der Waals surface area contributed by atoms with E-state index in [0.29, 0.717) is 11.1 Å². The van der Waals surface area contributed by atoms with Crippen LogP contribution >= 0.6 is 12.2 Å². The SMILES string of the molecule is CC(C)C(NC(=O)c1cccc(C(N)=S)c1)C(N)=O. The lowest BCUT2D eigenvalue weighted by molar-refractivity contribution is -0.120. The second kappa shape index (κ2) is 6.29. The van der Waals surface area contributed by atoms with Gasteiger partial charge in [0.1, 0.15) is 11.0 Å². The van der Waals surface area contributed by atoms with E-state index in [0.717, 1.165) is 0 Å². The van der Waals surface area contributed by atoms with E-state index >= 15 is 0 Å². The van der Waals surface area contributed by atoms with Crippen molar-refractivity contribution in [3.05, 3.63) is 35.4 Å².